The van der Waals surface area contributed by atoms with Crippen LogP contribution in [0.3, 0.4) is 0 Å². The Morgan fingerprint density at radius 1 is 1.40 bits per heavy atom. The van der Waals surface area contributed by atoms with Crippen molar-refractivity contribution in [1.29, 1.82) is 0 Å². The number of hydrogen-bond donors (Lipinski definition) is 1. The molecule has 1 aromatic carbocycles. The topological polar surface area (TPSA) is 55.5 Å². The molecule has 0 aliphatic heterocycles. The minimum absolute atomic E-state index is 0.100. The second-order valence-corrected chi connectivity index (χ2v) is 3.60. The van der Waals surface area contributed by atoms with Gasteiger partial charge >= 0.3 is 0 Å². The second-order valence-electron chi connectivity index (χ2n) is 2.81. The van der Waals surface area contributed by atoms with Crippen molar-refractivity contribution in [1.82, 2.24) is 4.98 Å². The lowest BCUT2D eigenvalue weighted by Crippen LogP contribution is -1.95. The fourth-order valence-electron chi connectivity index (χ4n) is 1.07. The van der Waals surface area contributed by atoms with E-state index in [0.29, 0.717) is 16.3 Å². The number of nitrogens with zero attached hydrogens (tertiary/aromatic N) is 1. The molecule has 0 saturated heterocycles. The lowest BCUT2D eigenvalue weighted by Gasteiger charge is -2.04. The van der Waals surface area contributed by atoms with Crippen molar-refractivity contribution < 1.29 is 14.3 Å². The molecule has 0 amide bonds. The molecule has 0 aliphatic rings. The monoisotopic (exact) mass is 269 g/mol. The van der Waals surface area contributed by atoms with Crippen LogP contribution in [-0.2, 0) is 6.61 Å². The van der Waals surface area contributed by atoms with Crippen LogP contribution in [0.4, 0.5) is 0 Å². The zero-order valence-corrected chi connectivity index (χ0v) is 9.27. The number of benzene rings is 1. The van der Waals surface area contributed by atoms with Crippen LogP contribution in [0.5, 0.6) is 11.5 Å². The minimum atomic E-state index is 0.100. The Balaban J connectivity index is 2.02. The molecule has 1 aromatic heterocycles. The van der Waals surface area contributed by atoms with E-state index in [-0.39, 0.29) is 12.4 Å². The van der Waals surface area contributed by atoms with Crippen LogP contribution in [-0.4, -0.2) is 10.1 Å². The normalized spacial score (nSPS) is 10.2. The summed E-state index contributed by atoms with van der Waals surface area (Å²) in [7, 11) is 0. The standard InChI is InChI=1S/C10H8BrNO3/c11-9-5-12-10(15-9)6-14-8-4-2-1-3-7(8)13/h1-5,13H,6H2. The molecule has 15 heavy (non-hydrogen) atoms. The van der Waals surface area contributed by atoms with Crippen LogP contribution in [0.25, 0.3) is 0 Å². The summed E-state index contributed by atoms with van der Waals surface area (Å²) in [4.78, 5) is 3.94. The predicted molar refractivity (Wildman–Crippen MR) is 56.6 cm³/mol. The molecule has 0 radical (unpaired) electrons. The molecule has 0 atom stereocenters. The Morgan fingerprint density at radius 3 is 2.87 bits per heavy atom. The molecule has 0 aliphatic carbocycles. The van der Waals surface area contributed by atoms with Crippen molar-refractivity contribution in [2.75, 3.05) is 0 Å². The van der Waals surface area contributed by atoms with Gasteiger partial charge in [0.2, 0.25) is 5.89 Å². The number of rotatable bonds is 3. The van der Waals surface area contributed by atoms with E-state index in [2.05, 4.69) is 20.9 Å². The summed E-state index contributed by atoms with van der Waals surface area (Å²) < 4.78 is 11.0. The van der Waals surface area contributed by atoms with Gasteiger partial charge in [-0.25, -0.2) is 4.98 Å². The number of ether oxygens (including phenoxy) is 1. The van der Waals surface area contributed by atoms with Gasteiger partial charge in [0.15, 0.2) is 22.8 Å². The van der Waals surface area contributed by atoms with Crippen LogP contribution < -0.4 is 4.74 Å². The molecule has 0 unspecified atom stereocenters. The molecule has 0 spiro atoms. The molecule has 0 saturated carbocycles. The van der Waals surface area contributed by atoms with Gasteiger partial charge in [-0.2, -0.15) is 0 Å². The van der Waals surface area contributed by atoms with Crippen LogP contribution in [0.2, 0.25) is 0 Å². The van der Waals surface area contributed by atoms with Crippen LogP contribution >= 0.6 is 15.9 Å². The van der Waals surface area contributed by atoms with Gasteiger partial charge in [-0.3, -0.25) is 0 Å². The van der Waals surface area contributed by atoms with Crippen molar-refractivity contribution in [2.24, 2.45) is 0 Å². The first-order valence-corrected chi connectivity index (χ1v) is 5.06. The zero-order valence-electron chi connectivity index (χ0n) is 7.68. The first-order chi connectivity index (χ1) is 7.25. The molecule has 1 heterocycles. The SMILES string of the molecule is Oc1ccccc1OCc1ncc(Br)o1. The molecule has 4 nitrogen and oxygen atoms in total. The van der Waals surface area contributed by atoms with Crippen molar-refractivity contribution in [3.05, 3.63) is 41.0 Å². The Bertz CT molecular complexity index is 455. The maximum Gasteiger partial charge on any atom is 0.233 e. The van der Waals surface area contributed by atoms with E-state index in [0.717, 1.165) is 0 Å². The van der Waals surface area contributed by atoms with Gasteiger partial charge in [-0.1, -0.05) is 12.1 Å². The van der Waals surface area contributed by atoms with Crippen molar-refractivity contribution in [3.8, 4) is 11.5 Å². The van der Waals surface area contributed by atoms with Gasteiger partial charge in [0.05, 0.1) is 6.20 Å². The molecular formula is C10H8BrNO3. The third kappa shape index (κ3) is 2.50. The van der Waals surface area contributed by atoms with E-state index in [1.807, 2.05) is 0 Å². The number of hydrogen-bond acceptors (Lipinski definition) is 4. The summed E-state index contributed by atoms with van der Waals surface area (Å²) in [6, 6.07) is 6.73. The van der Waals surface area contributed by atoms with Crippen molar-refractivity contribution in [3.63, 3.8) is 0 Å². The lowest BCUT2D eigenvalue weighted by atomic mass is 10.3. The first kappa shape index (κ1) is 10.0. The molecule has 1 N–H and O–H groups in total. The lowest BCUT2D eigenvalue weighted by molar-refractivity contribution is 0.250. The number of aromatic nitrogens is 1. The Morgan fingerprint density at radius 2 is 2.20 bits per heavy atom. The van der Waals surface area contributed by atoms with Gasteiger partial charge in [-0.15, -0.1) is 0 Å². The summed E-state index contributed by atoms with van der Waals surface area (Å²) in [6.07, 6.45) is 1.55. The number of aromatic hydroxyl groups is 1. The number of phenolic OH excluding ortho intramolecular Hbond substituents is 1. The maximum atomic E-state index is 9.41. The Kier molecular flexibility index (Phi) is 2.91. The van der Waals surface area contributed by atoms with E-state index in [1.165, 1.54) is 0 Å². The molecule has 5 heteroatoms. The average molecular weight is 270 g/mol. The van der Waals surface area contributed by atoms with Gasteiger partial charge in [0.1, 0.15) is 0 Å². The molecular weight excluding hydrogens is 262 g/mol. The van der Waals surface area contributed by atoms with E-state index >= 15 is 0 Å². The highest BCUT2D eigenvalue weighted by atomic mass is 79.9. The number of halogens is 1. The van der Waals surface area contributed by atoms with Crippen molar-refractivity contribution in [2.45, 2.75) is 6.61 Å². The highest BCUT2D eigenvalue weighted by Crippen LogP contribution is 2.25. The van der Waals surface area contributed by atoms with Crippen molar-refractivity contribution >= 4 is 15.9 Å². The quantitative estimate of drug-likeness (QED) is 0.931. The highest BCUT2D eigenvalue weighted by molar-refractivity contribution is 9.10. The summed E-state index contributed by atoms with van der Waals surface area (Å²) in [6.45, 7) is 0.184. The fourth-order valence-corrected chi connectivity index (χ4v) is 1.36. The molecule has 78 valence electrons. The molecule has 2 aromatic rings. The van der Waals surface area contributed by atoms with Gasteiger partial charge < -0.3 is 14.3 Å². The molecule has 2 rings (SSSR count). The number of para-hydroxylation sites is 2. The van der Waals surface area contributed by atoms with Crippen LogP contribution in [0, 0.1) is 0 Å². The van der Waals surface area contributed by atoms with E-state index in [1.54, 1.807) is 30.5 Å². The summed E-state index contributed by atoms with van der Waals surface area (Å²) in [5.41, 5.74) is 0. The summed E-state index contributed by atoms with van der Waals surface area (Å²) >= 11 is 3.14. The average Bonchev–Trinajstić information content (AvgIpc) is 2.63. The van der Waals surface area contributed by atoms with Crippen LogP contribution in [0.15, 0.2) is 39.5 Å². The third-order valence-electron chi connectivity index (χ3n) is 1.74. The van der Waals surface area contributed by atoms with E-state index in [9.17, 15) is 5.11 Å². The number of phenols is 1. The molecule has 0 bridgehead atoms. The highest BCUT2D eigenvalue weighted by Gasteiger charge is 2.04. The Hall–Kier alpha value is -1.49. The number of oxazole rings is 1. The predicted octanol–water partition coefficient (Wildman–Crippen LogP) is 2.72. The van der Waals surface area contributed by atoms with Gasteiger partial charge in [-0.05, 0) is 28.1 Å². The van der Waals surface area contributed by atoms with Gasteiger partial charge in [0, 0.05) is 0 Å². The zero-order chi connectivity index (χ0) is 10.7. The molecule has 0 fully saturated rings. The van der Waals surface area contributed by atoms with E-state index < -0.39 is 0 Å². The minimum Gasteiger partial charge on any atom is -0.504 e. The van der Waals surface area contributed by atoms with Gasteiger partial charge in [0.25, 0.3) is 0 Å². The summed E-state index contributed by atoms with van der Waals surface area (Å²) in [5, 5.41) is 9.41. The largest absolute Gasteiger partial charge is 0.504 e. The third-order valence-corrected chi connectivity index (χ3v) is 2.11. The van der Waals surface area contributed by atoms with Crippen LogP contribution in [0.1, 0.15) is 5.89 Å². The maximum absolute atomic E-state index is 9.41. The Labute approximate surface area is 94.6 Å². The summed E-state index contributed by atoms with van der Waals surface area (Å²) in [5.74, 6) is 0.958. The van der Waals surface area contributed by atoms with E-state index in [4.69, 9.17) is 9.15 Å². The second kappa shape index (κ2) is 4.35. The first-order valence-electron chi connectivity index (χ1n) is 4.27. The fraction of sp³-hybridized carbons (Fsp3) is 0.100. The smallest absolute Gasteiger partial charge is 0.233 e.